The molecule has 156 valence electrons. The molecule has 1 aromatic rings. The lowest BCUT2D eigenvalue weighted by molar-refractivity contribution is -0.134. The highest BCUT2D eigenvalue weighted by Crippen LogP contribution is 2.24. The van der Waals surface area contributed by atoms with Crippen molar-refractivity contribution in [3.8, 4) is 0 Å². The van der Waals surface area contributed by atoms with Crippen LogP contribution in [0.15, 0.2) is 29.2 Å². The number of carbonyl (C=O) groups excluding carboxylic acids is 1. The van der Waals surface area contributed by atoms with Crippen molar-refractivity contribution in [1.82, 2.24) is 14.5 Å². The third kappa shape index (κ3) is 4.75. The molecule has 3 unspecified atom stereocenters. The number of sulfonamides is 1. The molecule has 1 aliphatic carbocycles. The summed E-state index contributed by atoms with van der Waals surface area (Å²) in [5.74, 6) is 0.672. The number of nitrogens with one attached hydrogen (secondary N) is 1. The number of aryl methyl sites for hydroxylation is 1. The van der Waals surface area contributed by atoms with E-state index in [1.165, 1.54) is 23.6 Å². The molecule has 1 N–H and O–H groups in total. The van der Waals surface area contributed by atoms with E-state index in [1.807, 2.05) is 26.0 Å². The molecule has 3 atom stereocenters. The van der Waals surface area contributed by atoms with Crippen LogP contribution in [0.25, 0.3) is 0 Å². The highest BCUT2D eigenvalue weighted by atomic mass is 32.2. The fraction of sp³-hybridized carbons (Fsp3) is 0.667. The van der Waals surface area contributed by atoms with Crippen molar-refractivity contribution < 1.29 is 13.2 Å². The Kier molecular flexibility index (Phi) is 6.78. The van der Waals surface area contributed by atoms with Gasteiger partial charge in [-0.15, -0.1) is 0 Å². The van der Waals surface area contributed by atoms with E-state index < -0.39 is 10.0 Å². The second-order valence-electron chi connectivity index (χ2n) is 8.30. The van der Waals surface area contributed by atoms with E-state index >= 15 is 0 Å². The quantitative estimate of drug-likeness (QED) is 0.814. The molecule has 1 aliphatic heterocycles. The topological polar surface area (TPSA) is 69.7 Å². The van der Waals surface area contributed by atoms with Gasteiger partial charge in [-0.1, -0.05) is 37.5 Å². The van der Waals surface area contributed by atoms with E-state index in [-0.39, 0.29) is 11.9 Å². The van der Waals surface area contributed by atoms with Crippen molar-refractivity contribution in [3.63, 3.8) is 0 Å². The van der Waals surface area contributed by atoms with Crippen LogP contribution in [0, 0.1) is 12.8 Å². The fourth-order valence-electron chi connectivity index (χ4n) is 4.24. The summed E-state index contributed by atoms with van der Waals surface area (Å²) in [5, 5.41) is 3.52. The second kappa shape index (κ2) is 8.93. The monoisotopic (exact) mass is 407 g/mol. The molecule has 1 heterocycles. The minimum atomic E-state index is -3.50. The molecule has 1 saturated carbocycles. The van der Waals surface area contributed by atoms with E-state index in [2.05, 4.69) is 12.2 Å². The van der Waals surface area contributed by atoms with Crippen LogP contribution in [-0.2, 0) is 14.8 Å². The van der Waals surface area contributed by atoms with Crippen LogP contribution < -0.4 is 5.32 Å². The number of benzene rings is 1. The van der Waals surface area contributed by atoms with E-state index in [1.54, 1.807) is 17.0 Å². The number of rotatable bonds is 5. The maximum atomic E-state index is 12.8. The summed E-state index contributed by atoms with van der Waals surface area (Å²) in [4.78, 5) is 15.0. The summed E-state index contributed by atoms with van der Waals surface area (Å²) in [6, 6.07) is 7.10. The minimum absolute atomic E-state index is 0.0742. The Balaban J connectivity index is 1.55. The molecule has 0 radical (unpaired) electrons. The molecule has 2 aliphatic rings. The van der Waals surface area contributed by atoms with Crippen LogP contribution in [0.2, 0.25) is 0 Å². The van der Waals surface area contributed by atoms with Crippen LogP contribution in [0.3, 0.4) is 0 Å². The predicted octanol–water partition coefficient (Wildman–Crippen LogP) is 2.38. The van der Waals surface area contributed by atoms with Crippen LogP contribution >= 0.6 is 0 Å². The van der Waals surface area contributed by atoms with Crippen molar-refractivity contribution in [2.45, 2.75) is 63.4 Å². The van der Waals surface area contributed by atoms with Gasteiger partial charge in [-0.05, 0) is 44.7 Å². The molecule has 28 heavy (non-hydrogen) atoms. The molecule has 0 spiro atoms. The molecule has 1 aromatic carbocycles. The standard InChI is InChI=1S/C21H33N3O3S/c1-16-8-10-19(11-9-16)28(26,27)24-14-12-23(13-15-24)21(25)18(3)22-20-7-5-4-6-17(20)2/h8-11,17-18,20,22H,4-7,12-15H2,1-3H3. The zero-order chi connectivity index (χ0) is 20.3. The zero-order valence-electron chi connectivity index (χ0n) is 17.2. The van der Waals surface area contributed by atoms with E-state index in [9.17, 15) is 13.2 Å². The Morgan fingerprint density at radius 2 is 1.68 bits per heavy atom. The maximum absolute atomic E-state index is 12.8. The van der Waals surface area contributed by atoms with Crippen LogP contribution in [-0.4, -0.2) is 61.8 Å². The Labute approximate surface area is 169 Å². The van der Waals surface area contributed by atoms with Gasteiger partial charge < -0.3 is 10.2 Å². The van der Waals surface area contributed by atoms with E-state index in [0.717, 1.165) is 12.0 Å². The summed E-state index contributed by atoms with van der Waals surface area (Å²) in [7, 11) is -3.50. The lowest BCUT2D eigenvalue weighted by Gasteiger charge is -2.37. The highest BCUT2D eigenvalue weighted by molar-refractivity contribution is 7.89. The Morgan fingerprint density at radius 3 is 2.29 bits per heavy atom. The van der Waals surface area contributed by atoms with Gasteiger partial charge in [-0.3, -0.25) is 4.79 Å². The number of hydrogen-bond donors (Lipinski definition) is 1. The highest BCUT2D eigenvalue weighted by Gasteiger charge is 2.32. The average molecular weight is 408 g/mol. The lowest BCUT2D eigenvalue weighted by Crippen LogP contribution is -2.56. The Morgan fingerprint density at radius 1 is 1.07 bits per heavy atom. The van der Waals surface area contributed by atoms with Crippen molar-refractivity contribution in [2.24, 2.45) is 5.92 Å². The van der Waals surface area contributed by atoms with Gasteiger partial charge in [0.1, 0.15) is 0 Å². The van der Waals surface area contributed by atoms with Gasteiger partial charge in [0.25, 0.3) is 0 Å². The number of amides is 1. The fourth-order valence-corrected chi connectivity index (χ4v) is 5.66. The summed E-state index contributed by atoms with van der Waals surface area (Å²) >= 11 is 0. The van der Waals surface area contributed by atoms with Gasteiger partial charge in [0.15, 0.2) is 0 Å². The normalized spacial score (nSPS) is 25.5. The number of piperazine rings is 1. The summed E-state index contributed by atoms with van der Waals surface area (Å²) in [6.07, 6.45) is 4.84. The smallest absolute Gasteiger partial charge is 0.243 e. The third-order valence-corrected chi connectivity index (χ3v) is 8.07. The van der Waals surface area contributed by atoms with Crippen molar-refractivity contribution in [3.05, 3.63) is 29.8 Å². The molecular formula is C21H33N3O3S. The Bertz CT molecular complexity index is 771. The zero-order valence-corrected chi connectivity index (χ0v) is 18.0. The van der Waals surface area contributed by atoms with Crippen LogP contribution in [0.1, 0.15) is 45.1 Å². The summed E-state index contributed by atoms with van der Waals surface area (Å²) in [5.41, 5.74) is 1.03. The SMILES string of the molecule is Cc1ccc(S(=O)(=O)N2CCN(C(=O)C(C)NC3CCCCC3C)CC2)cc1. The van der Waals surface area contributed by atoms with Crippen molar-refractivity contribution in [2.75, 3.05) is 26.2 Å². The van der Waals surface area contributed by atoms with E-state index in [4.69, 9.17) is 0 Å². The molecule has 0 aromatic heterocycles. The van der Waals surface area contributed by atoms with Gasteiger partial charge >= 0.3 is 0 Å². The second-order valence-corrected chi connectivity index (χ2v) is 10.2. The molecule has 6 nitrogen and oxygen atoms in total. The van der Waals surface area contributed by atoms with Gasteiger partial charge in [0.05, 0.1) is 10.9 Å². The number of nitrogens with zero attached hydrogens (tertiary/aromatic N) is 2. The van der Waals surface area contributed by atoms with Crippen molar-refractivity contribution >= 4 is 15.9 Å². The minimum Gasteiger partial charge on any atom is -0.339 e. The first-order valence-electron chi connectivity index (χ1n) is 10.4. The molecular weight excluding hydrogens is 374 g/mol. The average Bonchev–Trinajstić information content (AvgIpc) is 2.69. The molecule has 1 amide bonds. The molecule has 2 fully saturated rings. The van der Waals surface area contributed by atoms with Gasteiger partial charge in [-0.2, -0.15) is 4.31 Å². The number of carbonyl (C=O) groups is 1. The van der Waals surface area contributed by atoms with Gasteiger partial charge in [0.2, 0.25) is 15.9 Å². The maximum Gasteiger partial charge on any atom is 0.243 e. The Hall–Kier alpha value is -1.44. The molecule has 1 saturated heterocycles. The number of hydrogen-bond acceptors (Lipinski definition) is 4. The molecule has 3 rings (SSSR count). The first-order valence-corrected chi connectivity index (χ1v) is 11.8. The van der Waals surface area contributed by atoms with Gasteiger partial charge in [0, 0.05) is 32.2 Å². The van der Waals surface area contributed by atoms with E-state index in [0.29, 0.717) is 43.0 Å². The molecule has 0 bridgehead atoms. The largest absolute Gasteiger partial charge is 0.339 e. The van der Waals surface area contributed by atoms with Crippen LogP contribution in [0.4, 0.5) is 0 Å². The predicted molar refractivity (Wildman–Crippen MR) is 111 cm³/mol. The first kappa shape index (κ1) is 21.3. The van der Waals surface area contributed by atoms with Crippen molar-refractivity contribution in [1.29, 1.82) is 0 Å². The first-order chi connectivity index (χ1) is 13.3. The summed E-state index contributed by atoms with van der Waals surface area (Å²) in [6.45, 7) is 7.68. The third-order valence-electron chi connectivity index (χ3n) is 6.16. The molecule has 7 heteroatoms. The summed E-state index contributed by atoms with van der Waals surface area (Å²) < 4.78 is 27.1. The lowest BCUT2D eigenvalue weighted by atomic mass is 9.85. The van der Waals surface area contributed by atoms with Gasteiger partial charge in [-0.25, -0.2) is 8.42 Å². The van der Waals surface area contributed by atoms with Crippen LogP contribution in [0.5, 0.6) is 0 Å².